The lowest BCUT2D eigenvalue weighted by molar-refractivity contribution is 0.0901. The van der Waals surface area contributed by atoms with Crippen LogP contribution in [0.15, 0.2) is 54.6 Å². The minimum atomic E-state index is -0.241. The summed E-state index contributed by atoms with van der Waals surface area (Å²) in [6.07, 6.45) is 0.180. The van der Waals surface area contributed by atoms with Crippen LogP contribution in [0.5, 0.6) is 0 Å². The van der Waals surface area contributed by atoms with E-state index in [1.54, 1.807) is 24.3 Å². The second kappa shape index (κ2) is 5.99. The van der Waals surface area contributed by atoms with Crippen molar-refractivity contribution >= 4 is 23.5 Å². The fraction of sp³-hybridized carbons (Fsp3) is 0.0625. The molecule has 5 nitrogen and oxygen atoms in total. The Labute approximate surface area is 132 Å². The van der Waals surface area contributed by atoms with E-state index in [0.29, 0.717) is 10.8 Å². The van der Waals surface area contributed by atoms with Gasteiger partial charge in [-0.25, -0.2) is 0 Å². The maximum Gasteiger partial charge on any atom is 0.254 e. The van der Waals surface area contributed by atoms with Crippen LogP contribution in [0.25, 0.3) is 11.4 Å². The lowest BCUT2D eigenvalue weighted by atomic mass is 10.1. The van der Waals surface area contributed by atoms with E-state index in [1.165, 1.54) is 0 Å². The number of anilines is 1. The molecule has 0 unspecified atom stereocenters. The summed E-state index contributed by atoms with van der Waals surface area (Å²) in [5, 5.41) is 4.83. The molecule has 6 heteroatoms. The van der Waals surface area contributed by atoms with Gasteiger partial charge < -0.3 is 5.73 Å². The number of rotatable bonds is 3. The van der Waals surface area contributed by atoms with Gasteiger partial charge in [0.25, 0.3) is 5.91 Å². The minimum Gasteiger partial charge on any atom is -0.368 e. The Bertz CT molecular complexity index is 797. The van der Waals surface area contributed by atoms with Gasteiger partial charge in [0.05, 0.1) is 6.42 Å². The fourth-order valence-corrected chi connectivity index (χ4v) is 2.19. The minimum absolute atomic E-state index is 0.0813. The molecular formula is C16H13ClN4O. The molecule has 2 N–H and O–H groups in total. The second-order valence-electron chi connectivity index (χ2n) is 4.77. The zero-order valence-electron chi connectivity index (χ0n) is 11.6. The first-order valence-electron chi connectivity index (χ1n) is 6.69. The number of nitrogens with zero attached hydrogens (tertiary/aromatic N) is 3. The molecule has 1 aromatic heterocycles. The van der Waals surface area contributed by atoms with Crippen molar-refractivity contribution in [3.63, 3.8) is 0 Å². The highest BCUT2D eigenvalue weighted by Crippen LogP contribution is 2.17. The van der Waals surface area contributed by atoms with Gasteiger partial charge in [0.1, 0.15) is 0 Å². The van der Waals surface area contributed by atoms with Crippen LogP contribution in [0.2, 0.25) is 5.02 Å². The quantitative estimate of drug-likeness (QED) is 0.806. The number of hydrogen-bond acceptors (Lipinski definition) is 4. The van der Waals surface area contributed by atoms with Gasteiger partial charge in [0.2, 0.25) is 5.95 Å². The zero-order chi connectivity index (χ0) is 15.5. The second-order valence-corrected chi connectivity index (χ2v) is 5.20. The van der Waals surface area contributed by atoms with E-state index in [2.05, 4.69) is 10.1 Å². The van der Waals surface area contributed by atoms with E-state index in [0.717, 1.165) is 15.8 Å². The van der Waals surface area contributed by atoms with Crippen LogP contribution in [-0.2, 0) is 6.42 Å². The summed E-state index contributed by atoms with van der Waals surface area (Å²) in [5.41, 5.74) is 7.46. The largest absolute Gasteiger partial charge is 0.368 e. The molecule has 110 valence electrons. The number of halogens is 1. The normalized spacial score (nSPS) is 10.6. The van der Waals surface area contributed by atoms with Gasteiger partial charge in [-0.2, -0.15) is 9.67 Å². The van der Waals surface area contributed by atoms with Gasteiger partial charge in [-0.05, 0) is 17.7 Å². The predicted octanol–water partition coefficient (Wildman–Crippen LogP) is 3.06. The molecule has 3 rings (SSSR count). The van der Waals surface area contributed by atoms with Crippen LogP contribution in [0, 0.1) is 0 Å². The van der Waals surface area contributed by atoms with E-state index in [1.807, 2.05) is 30.3 Å². The maximum absolute atomic E-state index is 12.3. The van der Waals surface area contributed by atoms with Gasteiger partial charge >= 0.3 is 0 Å². The SMILES string of the molecule is Nc1nc(-c2ccccc2)nn1C(=O)Cc1ccc(Cl)cc1. The fourth-order valence-electron chi connectivity index (χ4n) is 2.07. The van der Waals surface area contributed by atoms with Crippen molar-refractivity contribution in [1.29, 1.82) is 0 Å². The first kappa shape index (κ1) is 14.3. The molecule has 0 aliphatic carbocycles. The van der Waals surface area contributed by atoms with Crippen molar-refractivity contribution in [2.75, 3.05) is 5.73 Å². The Morgan fingerprint density at radius 2 is 1.77 bits per heavy atom. The average Bonchev–Trinajstić information content (AvgIpc) is 2.92. The summed E-state index contributed by atoms with van der Waals surface area (Å²) in [7, 11) is 0. The molecule has 3 aromatic rings. The summed E-state index contributed by atoms with van der Waals surface area (Å²) in [6, 6.07) is 16.5. The summed E-state index contributed by atoms with van der Waals surface area (Å²) in [5.74, 6) is 0.273. The molecular weight excluding hydrogens is 300 g/mol. The van der Waals surface area contributed by atoms with Crippen molar-refractivity contribution in [3.8, 4) is 11.4 Å². The van der Waals surface area contributed by atoms with Crippen LogP contribution in [-0.4, -0.2) is 20.7 Å². The smallest absolute Gasteiger partial charge is 0.254 e. The van der Waals surface area contributed by atoms with Gasteiger partial charge in [-0.15, -0.1) is 5.10 Å². The van der Waals surface area contributed by atoms with Crippen molar-refractivity contribution in [2.45, 2.75) is 6.42 Å². The third-order valence-corrected chi connectivity index (χ3v) is 3.42. The van der Waals surface area contributed by atoms with Crippen LogP contribution in [0.3, 0.4) is 0 Å². The number of carbonyl (C=O) groups is 1. The molecule has 0 radical (unpaired) electrons. The monoisotopic (exact) mass is 312 g/mol. The number of nitrogen functional groups attached to an aromatic ring is 1. The molecule has 0 saturated carbocycles. The molecule has 0 amide bonds. The third kappa shape index (κ3) is 2.99. The van der Waals surface area contributed by atoms with Crippen molar-refractivity contribution in [1.82, 2.24) is 14.8 Å². The standard InChI is InChI=1S/C16H13ClN4O/c17-13-8-6-11(7-9-13)10-14(22)21-16(18)19-15(20-21)12-4-2-1-3-5-12/h1-9H,10H2,(H2,18,19,20). The molecule has 1 heterocycles. The molecule has 0 spiro atoms. The lowest BCUT2D eigenvalue weighted by Crippen LogP contribution is -2.17. The van der Waals surface area contributed by atoms with Gasteiger partial charge in [-0.3, -0.25) is 4.79 Å². The van der Waals surface area contributed by atoms with Crippen molar-refractivity contribution in [2.24, 2.45) is 0 Å². The van der Waals surface area contributed by atoms with Crippen molar-refractivity contribution in [3.05, 3.63) is 65.2 Å². The topological polar surface area (TPSA) is 73.8 Å². The number of aromatic nitrogens is 3. The highest BCUT2D eigenvalue weighted by Gasteiger charge is 2.15. The Morgan fingerprint density at radius 3 is 2.45 bits per heavy atom. The highest BCUT2D eigenvalue weighted by molar-refractivity contribution is 6.30. The van der Waals surface area contributed by atoms with Crippen LogP contribution >= 0.6 is 11.6 Å². The van der Waals surface area contributed by atoms with E-state index in [4.69, 9.17) is 17.3 Å². The number of hydrogen-bond donors (Lipinski definition) is 1. The number of carbonyl (C=O) groups excluding carboxylic acids is 1. The van der Waals surface area contributed by atoms with E-state index in [9.17, 15) is 4.79 Å². The Balaban J connectivity index is 1.84. The number of nitrogens with two attached hydrogens (primary N) is 1. The molecule has 0 saturated heterocycles. The lowest BCUT2D eigenvalue weighted by Gasteiger charge is -2.02. The molecule has 0 aliphatic rings. The van der Waals surface area contributed by atoms with Crippen molar-refractivity contribution < 1.29 is 4.79 Å². The molecule has 0 bridgehead atoms. The van der Waals surface area contributed by atoms with Crippen LogP contribution in [0.1, 0.15) is 10.4 Å². The van der Waals surface area contributed by atoms with Crippen LogP contribution < -0.4 is 5.73 Å². The zero-order valence-corrected chi connectivity index (χ0v) is 12.4. The molecule has 0 aliphatic heterocycles. The molecule has 2 aromatic carbocycles. The summed E-state index contributed by atoms with van der Waals surface area (Å²) in [6.45, 7) is 0. The maximum atomic E-state index is 12.3. The van der Waals surface area contributed by atoms with Crippen LogP contribution in [0.4, 0.5) is 5.95 Å². The van der Waals surface area contributed by atoms with Gasteiger partial charge in [0.15, 0.2) is 5.82 Å². The summed E-state index contributed by atoms with van der Waals surface area (Å²) >= 11 is 5.83. The molecule has 0 fully saturated rings. The van der Waals surface area contributed by atoms with E-state index < -0.39 is 0 Å². The van der Waals surface area contributed by atoms with Gasteiger partial charge in [-0.1, -0.05) is 54.1 Å². The Hall–Kier alpha value is -2.66. The summed E-state index contributed by atoms with van der Waals surface area (Å²) in [4.78, 5) is 16.5. The predicted molar refractivity (Wildman–Crippen MR) is 85.7 cm³/mol. The van der Waals surface area contributed by atoms with Gasteiger partial charge in [0, 0.05) is 10.6 Å². The first-order chi connectivity index (χ1) is 10.6. The summed E-state index contributed by atoms with van der Waals surface area (Å²) < 4.78 is 1.14. The molecule has 22 heavy (non-hydrogen) atoms. The average molecular weight is 313 g/mol. The third-order valence-electron chi connectivity index (χ3n) is 3.17. The first-order valence-corrected chi connectivity index (χ1v) is 7.07. The highest BCUT2D eigenvalue weighted by atomic mass is 35.5. The van der Waals surface area contributed by atoms with E-state index >= 15 is 0 Å². The van der Waals surface area contributed by atoms with E-state index in [-0.39, 0.29) is 18.3 Å². The Morgan fingerprint density at radius 1 is 1.09 bits per heavy atom. The Kier molecular flexibility index (Phi) is 3.89. The number of benzene rings is 2. The molecule has 0 atom stereocenters.